The summed E-state index contributed by atoms with van der Waals surface area (Å²) in [6, 6.07) is 19.6. The second kappa shape index (κ2) is 8.22. The second-order valence-electron chi connectivity index (χ2n) is 7.29. The first kappa shape index (κ1) is 20.6. The van der Waals surface area contributed by atoms with E-state index in [1.165, 1.54) is 6.07 Å². The quantitative estimate of drug-likeness (QED) is 0.642. The maximum absolute atomic E-state index is 12.9. The Morgan fingerprint density at radius 3 is 2.63 bits per heavy atom. The van der Waals surface area contributed by atoms with Gasteiger partial charge in [0.2, 0.25) is 10.0 Å². The Morgan fingerprint density at radius 2 is 1.87 bits per heavy atom. The number of halogens is 1. The van der Waals surface area contributed by atoms with Gasteiger partial charge in [-0.05, 0) is 54.8 Å². The second-order valence-corrected chi connectivity index (χ2v) is 9.44. The molecule has 0 fully saturated rings. The van der Waals surface area contributed by atoms with Crippen molar-refractivity contribution in [2.45, 2.75) is 24.8 Å². The lowest BCUT2D eigenvalue weighted by Gasteiger charge is -2.18. The summed E-state index contributed by atoms with van der Waals surface area (Å²) in [5, 5.41) is 0.184. The van der Waals surface area contributed by atoms with E-state index in [0.717, 1.165) is 28.8 Å². The van der Waals surface area contributed by atoms with Gasteiger partial charge >= 0.3 is 0 Å². The van der Waals surface area contributed by atoms with Gasteiger partial charge in [-0.15, -0.1) is 0 Å². The molecule has 3 aromatic rings. The molecule has 30 heavy (non-hydrogen) atoms. The van der Waals surface area contributed by atoms with Crippen LogP contribution in [0, 0.1) is 6.92 Å². The van der Waals surface area contributed by atoms with Gasteiger partial charge in [-0.3, -0.25) is 4.79 Å². The first-order valence-electron chi connectivity index (χ1n) is 9.60. The molecule has 1 aliphatic rings. The summed E-state index contributed by atoms with van der Waals surface area (Å²) in [5.41, 5.74) is 4.44. The van der Waals surface area contributed by atoms with E-state index in [2.05, 4.69) is 4.72 Å². The fourth-order valence-electron chi connectivity index (χ4n) is 3.63. The minimum absolute atomic E-state index is 0.0235. The van der Waals surface area contributed by atoms with Crippen LogP contribution in [0.4, 0.5) is 5.69 Å². The Morgan fingerprint density at radius 1 is 1.07 bits per heavy atom. The average Bonchev–Trinajstić information content (AvgIpc) is 3.15. The number of anilines is 1. The maximum atomic E-state index is 12.9. The summed E-state index contributed by atoms with van der Waals surface area (Å²) >= 11 is 6.02. The van der Waals surface area contributed by atoms with Gasteiger partial charge in [0.05, 0.1) is 5.02 Å². The van der Waals surface area contributed by atoms with Crippen molar-refractivity contribution < 1.29 is 13.2 Å². The van der Waals surface area contributed by atoms with E-state index < -0.39 is 10.0 Å². The number of hydrogen-bond acceptors (Lipinski definition) is 3. The number of hydrogen-bond donors (Lipinski definition) is 1. The fourth-order valence-corrected chi connectivity index (χ4v) is 5.16. The van der Waals surface area contributed by atoms with Gasteiger partial charge in [0.1, 0.15) is 4.90 Å². The molecule has 154 valence electrons. The number of rotatable bonds is 5. The Kier molecular flexibility index (Phi) is 5.64. The molecular formula is C23H21ClN2O3S. The van der Waals surface area contributed by atoms with Gasteiger partial charge in [0, 0.05) is 24.3 Å². The number of nitrogens with zero attached hydrogens (tertiary/aromatic N) is 1. The zero-order valence-electron chi connectivity index (χ0n) is 16.4. The highest BCUT2D eigenvalue weighted by molar-refractivity contribution is 7.89. The largest absolute Gasteiger partial charge is 0.308 e. The molecule has 5 nitrogen and oxygen atoms in total. The highest BCUT2D eigenvalue weighted by Gasteiger charge is 2.26. The Hall–Kier alpha value is -2.67. The molecule has 3 aromatic carbocycles. The van der Waals surface area contributed by atoms with Crippen LogP contribution in [-0.4, -0.2) is 20.9 Å². The molecule has 0 saturated carbocycles. The number of carbonyl (C=O) groups excluding carboxylic acids is 1. The third-order valence-electron chi connectivity index (χ3n) is 5.14. The number of carbonyl (C=O) groups is 1. The summed E-state index contributed by atoms with van der Waals surface area (Å²) in [6.07, 6.45) is 0.734. The van der Waals surface area contributed by atoms with Gasteiger partial charge < -0.3 is 4.90 Å². The van der Waals surface area contributed by atoms with Crippen LogP contribution >= 0.6 is 11.6 Å². The Balaban J connectivity index is 1.50. The van der Waals surface area contributed by atoms with Crippen LogP contribution in [-0.2, 0) is 23.0 Å². The standard InChI is InChI=1S/C23H21ClN2O3S/c1-16-5-4-6-19(13-16)23(27)26-12-11-18-14-17(9-10-21(18)26)15-25-30(28,29)22-8-3-2-7-20(22)24/h2-10,13-14,25H,11-12,15H2,1H3. The van der Waals surface area contributed by atoms with E-state index in [1.54, 1.807) is 23.1 Å². The number of nitrogens with one attached hydrogen (secondary N) is 1. The smallest absolute Gasteiger partial charge is 0.258 e. The Labute approximate surface area is 181 Å². The van der Waals surface area contributed by atoms with Gasteiger partial charge in [-0.2, -0.15) is 0 Å². The van der Waals surface area contributed by atoms with Crippen LogP contribution in [0.15, 0.2) is 71.6 Å². The third-order valence-corrected chi connectivity index (χ3v) is 7.04. The molecule has 0 aromatic heterocycles. The third kappa shape index (κ3) is 4.12. The van der Waals surface area contributed by atoms with E-state index in [-0.39, 0.29) is 22.4 Å². The molecule has 0 saturated heterocycles. The minimum Gasteiger partial charge on any atom is -0.308 e. The van der Waals surface area contributed by atoms with Crippen LogP contribution < -0.4 is 9.62 Å². The molecule has 4 rings (SSSR count). The van der Waals surface area contributed by atoms with E-state index in [4.69, 9.17) is 11.6 Å². The monoisotopic (exact) mass is 440 g/mol. The normalized spacial score (nSPS) is 13.3. The van der Waals surface area contributed by atoms with Gasteiger partial charge in [0.15, 0.2) is 0 Å². The average molecular weight is 441 g/mol. The molecule has 0 unspecified atom stereocenters. The predicted molar refractivity (Wildman–Crippen MR) is 118 cm³/mol. The topological polar surface area (TPSA) is 66.5 Å². The number of fused-ring (bicyclic) bond motifs is 1. The van der Waals surface area contributed by atoms with Gasteiger partial charge in [-0.25, -0.2) is 13.1 Å². The maximum Gasteiger partial charge on any atom is 0.258 e. The van der Waals surface area contributed by atoms with Gasteiger partial charge in [0.25, 0.3) is 5.91 Å². The fraction of sp³-hybridized carbons (Fsp3) is 0.174. The zero-order chi connectivity index (χ0) is 21.3. The molecule has 0 spiro atoms. The Bertz CT molecular complexity index is 1220. The molecule has 1 aliphatic heterocycles. The lowest BCUT2D eigenvalue weighted by atomic mass is 10.1. The van der Waals surface area contributed by atoms with Crippen LogP contribution in [0.1, 0.15) is 27.0 Å². The molecule has 1 N–H and O–H groups in total. The lowest BCUT2D eigenvalue weighted by Crippen LogP contribution is -2.28. The van der Waals surface area contributed by atoms with E-state index >= 15 is 0 Å². The number of benzene rings is 3. The van der Waals surface area contributed by atoms with Crippen molar-refractivity contribution in [1.29, 1.82) is 0 Å². The molecule has 0 radical (unpaired) electrons. The van der Waals surface area contributed by atoms with Crippen LogP contribution in [0.3, 0.4) is 0 Å². The lowest BCUT2D eigenvalue weighted by molar-refractivity contribution is 0.0989. The summed E-state index contributed by atoms with van der Waals surface area (Å²) in [5.74, 6) is -0.0235. The van der Waals surface area contributed by atoms with Crippen molar-refractivity contribution in [2.24, 2.45) is 0 Å². The first-order chi connectivity index (χ1) is 14.3. The first-order valence-corrected chi connectivity index (χ1v) is 11.5. The summed E-state index contributed by atoms with van der Waals surface area (Å²) < 4.78 is 27.7. The number of aryl methyl sites for hydroxylation is 1. The molecule has 1 heterocycles. The summed E-state index contributed by atoms with van der Waals surface area (Å²) in [7, 11) is -3.71. The number of sulfonamides is 1. The molecule has 0 aliphatic carbocycles. The van der Waals surface area contributed by atoms with Gasteiger partial charge in [-0.1, -0.05) is 53.6 Å². The van der Waals surface area contributed by atoms with E-state index in [0.29, 0.717) is 12.1 Å². The SMILES string of the molecule is Cc1cccc(C(=O)N2CCc3cc(CNS(=O)(=O)c4ccccc4Cl)ccc32)c1. The summed E-state index contributed by atoms with van der Waals surface area (Å²) in [6.45, 7) is 2.72. The highest BCUT2D eigenvalue weighted by Crippen LogP contribution is 2.30. The van der Waals surface area contributed by atoms with Crippen molar-refractivity contribution in [3.63, 3.8) is 0 Å². The molecule has 0 bridgehead atoms. The van der Waals surface area contributed by atoms with E-state index in [9.17, 15) is 13.2 Å². The van der Waals surface area contributed by atoms with Crippen molar-refractivity contribution in [1.82, 2.24) is 4.72 Å². The molecule has 1 amide bonds. The highest BCUT2D eigenvalue weighted by atomic mass is 35.5. The van der Waals surface area contributed by atoms with Crippen molar-refractivity contribution in [2.75, 3.05) is 11.4 Å². The summed E-state index contributed by atoms with van der Waals surface area (Å²) in [4.78, 5) is 14.8. The van der Waals surface area contributed by atoms with Crippen LogP contribution in [0.25, 0.3) is 0 Å². The molecule has 7 heteroatoms. The minimum atomic E-state index is -3.71. The predicted octanol–water partition coefficient (Wildman–Crippen LogP) is 4.33. The zero-order valence-corrected chi connectivity index (χ0v) is 18.0. The van der Waals surface area contributed by atoms with E-state index in [1.807, 2.05) is 49.4 Å². The molecule has 0 atom stereocenters. The van der Waals surface area contributed by atoms with Crippen LogP contribution in [0.2, 0.25) is 5.02 Å². The van der Waals surface area contributed by atoms with Crippen molar-refractivity contribution in [3.8, 4) is 0 Å². The van der Waals surface area contributed by atoms with Crippen molar-refractivity contribution >= 4 is 33.2 Å². The van der Waals surface area contributed by atoms with Crippen molar-refractivity contribution in [3.05, 3.63) is 94.0 Å². The molecular weight excluding hydrogens is 420 g/mol. The van der Waals surface area contributed by atoms with Crippen LogP contribution in [0.5, 0.6) is 0 Å². The number of amides is 1.